The lowest BCUT2D eigenvalue weighted by molar-refractivity contribution is -0.127. The van der Waals surface area contributed by atoms with Crippen LogP contribution >= 0.6 is 0 Å². The molecule has 1 aliphatic rings. The average Bonchev–Trinajstić information content (AvgIpc) is 2.77. The summed E-state index contributed by atoms with van der Waals surface area (Å²) in [5, 5.41) is 2.84. The van der Waals surface area contributed by atoms with Crippen LogP contribution in [0.25, 0.3) is 0 Å². The number of methoxy groups -OCH3 is 1. The van der Waals surface area contributed by atoms with E-state index in [1.54, 1.807) is 12.0 Å². The standard InChI is InChI=1S/C16H22N2O3/c1-12-4-6-13(7-5-12)18-14(19)8-9-16(18,2)15(20)17-10-11-21-3/h4-7H,8-11H2,1-3H3,(H,17,20)/t16-/m0/s1. The highest BCUT2D eigenvalue weighted by atomic mass is 16.5. The molecule has 0 radical (unpaired) electrons. The molecule has 1 aliphatic heterocycles. The quantitative estimate of drug-likeness (QED) is 0.839. The van der Waals surface area contributed by atoms with Crippen molar-refractivity contribution in [2.75, 3.05) is 25.2 Å². The lowest BCUT2D eigenvalue weighted by atomic mass is 9.97. The number of rotatable bonds is 5. The van der Waals surface area contributed by atoms with E-state index < -0.39 is 5.54 Å². The van der Waals surface area contributed by atoms with E-state index in [4.69, 9.17) is 4.74 Å². The normalized spacial score (nSPS) is 21.7. The van der Waals surface area contributed by atoms with Gasteiger partial charge in [0.2, 0.25) is 11.8 Å². The van der Waals surface area contributed by atoms with Crippen molar-refractivity contribution < 1.29 is 14.3 Å². The van der Waals surface area contributed by atoms with Crippen LogP contribution < -0.4 is 10.2 Å². The van der Waals surface area contributed by atoms with E-state index in [2.05, 4.69) is 5.32 Å². The Morgan fingerprint density at radius 3 is 2.67 bits per heavy atom. The molecule has 1 atom stereocenters. The van der Waals surface area contributed by atoms with Gasteiger partial charge >= 0.3 is 0 Å². The lowest BCUT2D eigenvalue weighted by Gasteiger charge is -2.34. The van der Waals surface area contributed by atoms with Gasteiger partial charge in [0, 0.05) is 25.8 Å². The Bertz CT molecular complexity index is 527. The second-order valence-electron chi connectivity index (χ2n) is 5.59. The number of nitrogens with one attached hydrogen (secondary N) is 1. The third kappa shape index (κ3) is 3.08. The number of nitrogens with zero attached hydrogens (tertiary/aromatic N) is 1. The SMILES string of the molecule is COCCNC(=O)[C@]1(C)CCC(=O)N1c1ccc(C)cc1. The Balaban J connectivity index is 2.22. The van der Waals surface area contributed by atoms with E-state index >= 15 is 0 Å². The van der Waals surface area contributed by atoms with E-state index in [0.29, 0.717) is 26.0 Å². The zero-order chi connectivity index (χ0) is 15.5. The lowest BCUT2D eigenvalue weighted by Crippen LogP contribution is -2.55. The van der Waals surface area contributed by atoms with Crippen LogP contribution in [-0.2, 0) is 14.3 Å². The second-order valence-corrected chi connectivity index (χ2v) is 5.59. The summed E-state index contributed by atoms with van der Waals surface area (Å²) in [6, 6.07) is 7.67. The highest BCUT2D eigenvalue weighted by molar-refractivity contribution is 6.06. The molecule has 1 saturated heterocycles. The Morgan fingerprint density at radius 1 is 1.38 bits per heavy atom. The Hall–Kier alpha value is -1.88. The number of amides is 2. The van der Waals surface area contributed by atoms with Gasteiger partial charge in [0.05, 0.1) is 6.61 Å². The average molecular weight is 290 g/mol. The molecule has 0 unspecified atom stereocenters. The van der Waals surface area contributed by atoms with E-state index in [1.807, 2.05) is 38.1 Å². The maximum atomic E-state index is 12.5. The van der Waals surface area contributed by atoms with Crippen molar-refractivity contribution in [3.63, 3.8) is 0 Å². The van der Waals surface area contributed by atoms with Crippen LogP contribution in [0.1, 0.15) is 25.3 Å². The van der Waals surface area contributed by atoms with Gasteiger partial charge in [-0.15, -0.1) is 0 Å². The van der Waals surface area contributed by atoms with Crippen molar-refractivity contribution in [1.29, 1.82) is 0 Å². The predicted octanol–water partition coefficient (Wildman–Crippen LogP) is 1.64. The first-order valence-electron chi connectivity index (χ1n) is 7.16. The van der Waals surface area contributed by atoms with Crippen LogP contribution in [0.2, 0.25) is 0 Å². The van der Waals surface area contributed by atoms with E-state index in [1.165, 1.54) is 0 Å². The highest BCUT2D eigenvalue weighted by Gasteiger charge is 2.47. The van der Waals surface area contributed by atoms with Crippen molar-refractivity contribution in [3.8, 4) is 0 Å². The van der Waals surface area contributed by atoms with Crippen LogP contribution in [0.4, 0.5) is 5.69 Å². The zero-order valence-corrected chi connectivity index (χ0v) is 12.8. The molecule has 1 heterocycles. The molecule has 0 aromatic heterocycles. The number of carbonyl (C=O) groups is 2. The summed E-state index contributed by atoms with van der Waals surface area (Å²) >= 11 is 0. The minimum Gasteiger partial charge on any atom is -0.383 e. The number of anilines is 1. The summed E-state index contributed by atoms with van der Waals surface area (Å²) in [7, 11) is 1.59. The highest BCUT2D eigenvalue weighted by Crippen LogP contribution is 2.35. The van der Waals surface area contributed by atoms with Crippen LogP contribution in [0.3, 0.4) is 0 Å². The summed E-state index contributed by atoms with van der Waals surface area (Å²) < 4.78 is 4.94. The van der Waals surface area contributed by atoms with E-state index in [0.717, 1.165) is 11.3 Å². The molecule has 114 valence electrons. The molecule has 1 aromatic carbocycles. The largest absolute Gasteiger partial charge is 0.383 e. The molecule has 0 spiro atoms. The van der Waals surface area contributed by atoms with Gasteiger partial charge in [-0.05, 0) is 32.4 Å². The topological polar surface area (TPSA) is 58.6 Å². The van der Waals surface area contributed by atoms with E-state index in [9.17, 15) is 9.59 Å². The van der Waals surface area contributed by atoms with Gasteiger partial charge in [0.25, 0.3) is 0 Å². The van der Waals surface area contributed by atoms with Crippen molar-refractivity contribution in [2.45, 2.75) is 32.2 Å². The molecule has 0 bridgehead atoms. The van der Waals surface area contributed by atoms with Gasteiger partial charge < -0.3 is 10.1 Å². The minimum absolute atomic E-state index is 0.0109. The fraction of sp³-hybridized carbons (Fsp3) is 0.500. The summed E-state index contributed by atoms with van der Waals surface area (Å²) in [4.78, 5) is 26.3. The Labute approximate surface area is 125 Å². The van der Waals surface area contributed by atoms with Crippen LogP contribution in [0, 0.1) is 6.92 Å². The minimum atomic E-state index is -0.833. The molecule has 1 N–H and O–H groups in total. The molecule has 0 aliphatic carbocycles. The first kappa shape index (κ1) is 15.5. The second kappa shape index (κ2) is 6.26. The first-order chi connectivity index (χ1) is 9.99. The molecule has 21 heavy (non-hydrogen) atoms. The Morgan fingerprint density at radius 2 is 2.05 bits per heavy atom. The van der Waals surface area contributed by atoms with Gasteiger partial charge in [-0.25, -0.2) is 0 Å². The number of aryl methyl sites for hydroxylation is 1. The summed E-state index contributed by atoms with van der Waals surface area (Å²) in [5.41, 5.74) is 1.06. The summed E-state index contributed by atoms with van der Waals surface area (Å²) in [6.45, 7) is 4.72. The zero-order valence-electron chi connectivity index (χ0n) is 12.8. The molecule has 1 fully saturated rings. The van der Waals surface area contributed by atoms with Crippen LogP contribution in [0.15, 0.2) is 24.3 Å². The Kier molecular flexibility index (Phi) is 4.63. The van der Waals surface area contributed by atoms with Gasteiger partial charge in [-0.2, -0.15) is 0 Å². The first-order valence-corrected chi connectivity index (χ1v) is 7.16. The number of hydrogen-bond donors (Lipinski definition) is 1. The maximum Gasteiger partial charge on any atom is 0.246 e. The molecule has 1 aromatic rings. The van der Waals surface area contributed by atoms with E-state index in [-0.39, 0.29) is 11.8 Å². The molecule has 2 amide bonds. The molecule has 5 heteroatoms. The van der Waals surface area contributed by atoms with Crippen molar-refractivity contribution >= 4 is 17.5 Å². The van der Waals surface area contributed by atoms with Crippen molar-refractivity contribution in [3.05, 3.63) is 29.8 Å². The third-order valence-electron chi connectivity index (χ3n) is 3.94. The summed E-state index contributed by atoms with van der Waals surface area (Å²) in [5.74, 6) is -0.144. The van der Waals surface area contributed by atoms with Crippen molar-refractivity contribution in [2.24, 2.45) is 0 Å². The molecule has 2 rings (SSSR count). The maximum absolute atomic E-state index is 12.5. The molecule has 5 nitrogen and oxygen atoms in total. The third-order valence-corrected chi connectivity index (χ3v) is 3.94. The number of ether oxygens (including phenoxy) is 1. The smallest absolute Gasteiger partial charge is 0.246 e. The van der Waals surface area contributed by atoms with Crippen LogP contribution in [-0.4, -0.2) is 37.6 Å². The van der Waals surface area contributed by atoms with Crippen molar-refractivity contribution in [1.82, 2.24) is 5.32 Å². The monoisotopic (exact) mass is 290 g/mol. The number of hydrogen-bond acceptors (Lipinski definition) is 3. The number of benzene rings is 1. The fourth-order valence-corrected chi connectivity index (χ4v) is 2.64. The summed E-state index contributed by atoms with van der Waals surface area (Å²) in [6.07, 6.45) is 0.917. The molecular formula is C16H22N2O3. The van der Waals surface area contributed by atoms with Crippen LogP contribution in [0.5, 0.6) is 0 Å². The molecule has 0 saturated carbocycles. The number of carbonyl (C=O) groups excluding carboxylic acids is 2. The van der Waals surface area contributed by atoms with Gasteiger partial charge in [-0.3, -0.25) is 14.5 Å². The fourth-order valence-electron chi connectivity index (χ4n) is 2.64. The van der Waals surface area contributed by atoms with Gasteiger partial charge in [0.1, 0.15) is 5.54 Å². The predicted molar refractivity (Wildman–Crippen MR) is 81.2 cm³/mol. The van der Waals surface area contributed by atoms with Gasteiger partial charge in [-0.1, -0.05) is 17.7 Å². The molecular weight excluding hydrogens is 268 g/mol. The van der Waals surface area contributed by atoms with Gasteiger partial charge in [0.15, 0.2) is 0 Å².